The molecule has 0 unspecified atom stereocenters. The fourth-order valence-corrected chi connectivity index (χ4v) is 4.18. The Morgan fingerprint density at radius 1 is 1.13 bits per heavy atom. The van der Waals surface area contributed by atoms with E-state index in [-0.39, 0.29) is 17.6 Å². The van der Waals surface area contributed by atoms with Crippen molar-refractivity contribution in [3.05, 3.63) is 34.9 Å². The van der Waals surface area contributed by atoms with Crippen LogP contribution >= 0.6 is 0 Å². The Kier molecular flexibility index (Phi) is 4.56. The molecule has 7 heteroatoms. The van der Waals surface area contributed by atoms with Crippen LogP contribution in [0.15, 0.2) is 22.6 Å². The highest BCUT2D eigenvalue weighted by molar-refractivity contribution is 5.88. The van der Waals surface area contributed by atoms with Crippen molar-refractivity contribution in [2.75, 3.05) is 5.32 Å². The molecule has 2 saturated carbocycles. The molecule has 0 radical (unpaired) electrons. The number of fused-ring (bicyclic) bond motifs is 1. The lowest BCUT2D eigenvalue weighted by molar-refractivity contribution is -0.295. The zero-order chi connectivity index (χ0) is 21.0. The van der Waals surface area contributed by atoms with Crippen LogP contribution in [-0.4, -0.2) is 32.6 Å². The highest BCUT2D eigenvalue weighted by Gasteiger charge is 2.32. The molecular formula is C23H28N4O3. The van der Waals surface area contributed by atoms with Crippen molar-refractivity contribution >= 4 is 16.9 Å². The van der Waals surface area contributed by atoms with E-state index in [0.29, 0.717) is 36.4 Å². The largest absolute Gasteiger partial charge is 0.402 e. The van der Waals surface area contributed by atoms with E-state index in [4.69, 9.17) is 14.7 Å². The summed E-state index contributed by atoms with van der Waals surface area (Å²) in [5.74, 6) is 1.10. The minimum atomic E-state index is -0.119. The second-order valence-corrected chi connectivity index (χ2v) is 9.77. The van der Waals surface area contributed by atoms with Gasteiger partial charge in [-0.15, -0.1) is 5.10 Å². The minimum absolute atomic E-state index is 0.0156. The van der Waals surface area contributed by atoms with Crippen molar-refractivity contribution in [2.45, 2.75) is 76.9 Å². The topological polar surface area (TPSA) is 93.3 Å². The van der Waals surface area contributed by atoms with Crippen molar-refractivity contribution in [2.24, 2.45) is 0 Å². The SMILES string of the molecule is Cc1cc(-c2nnc(NC3CC(OO)C3)o2)nc2c(C(C)(C)C)cc(C3CC3)cc12. The van der Waals surface area contributed by atoms with Crippen LogP contribution in [0.1, 0.15) is 69.1 Å². The normalized spacial score (nSPS) is 21.6. The Morgan fingerprint density at radius 2 is 1.90 bits per heavy atom. The predicted molar refractivity (Wildman–Crippen MR) is 115 cm³/mol. The molecule has 1 aromatic carbocycles. The third kappa shape index (κ3) is 3.56. The van der Waals surface area contributed by atoms with Gasteiger partial charge in [0, 0.05) is 11.4 Å². The first kappa shape index (κ1) is 19.5. The lowest BCUT2D eigenvalue weighted by atomic mass is 9.83. The van der Waals surface area contributed by atoms with Gasteiger partial charge in [0.1, 0.15) is 5.69 Å². The van der Waals surface area contributed by atoms with Gasteiger partial charge in [-0.25, -0.2) is 9.87 Å². The van der Waals surface area contributed by atoms with Crippen LogP contribution in [0.25, 0.3) is 22.5 Å². The molecule has 2 aromatic heterocycles. The van der Waals surface area contributed by atoms with E-state index in [0.717, 1.165) is 11.1 Å². The van der Waals surface area contributed by atoms with E-state index in [1.807, 2.05) is 6.07 Å². The van der Waals surface area contributed by atoms with E-state index in [9.17, 15) is 0 Å². The number of aryl methyl sites for hydroxylation is 1. The van der Waals surface area contributed by atoms with Gasteiger partial charge in [0.05, 0.1) is 11.6 Å². The molecule has 7 nitrogen and oxygen atoms in total. The second kappa shape index (κ2) is 7.03. The summed E-state index contributed by atoms with van der Waals surface area (Å²) in [6.45, 7) is 8.83. The number of rotatable bonds is 5. The molecule has 0 bridgehead atoms. The number of hydrogen-bond donors (Lipinski definition) is 2. The van der Waals surface area contributed by atoms with Gasteiger partial charge in [0.25, 0.3) is 5.89 Å². The number of nitrogens with zero attached hydrogens (tertiary/aromatic N) is 3. The maximum absolute atomic E-state index is 8.68. The summed E-state index contributed by atoms with van der Waals surface area (Å²) in [4.78, 5) is 9.30. The predicted octanol–water partition coefficient (Wildman–Crippen LogP) is 5.20. The monoisotopic (exact) mass is 408 g/mol. The highest BCUT2D eigenvalue weighted by Crippen LogP contribution is 2.44. The van der Waals surface area contributed by atoms with Crippen LogP contribution in [0.5, 0.6) is 0 Å². The Hall–Kier alpha value is -2.51. The van der Waals surface area contributed by atoms with Gasteiger partial charge in [0.2, 0.25) is 0 Å². The number of anilines is 1. The molecular weight excluding hydrogens is 380 g/mol. The third-order valence-corrected chi connectivity index (χ3v) is 6.21. The number of nitrogens with one attached hydrogen (secondary N) is 1. The minimum Gasteiger partial charge on any atom is -0.402 e. The van der Waals surface area contributed by atoms with Crippen LogP contribution in [-0.2, 0) is 10.3 Å². The summed E-state index contributed by atoms with van der Waals surface area (Å²) < 4.78 is 5.85. The van der Waals surface area contributed by atoms with Crippen LogP contribution in [0.4, 0.5) is 6.01 Å². The van der Waals surface area contributed by atoms with Crippen LogP contribution in [0.3, 0.4) is 0 Å². The van der Waals surface area contributed by atoms with Gasteiger partial charge in [-0.2, -0.15) is 0 Å². The average molecular weight is 409 g/mol. The van der Waals surface area contributed by atoms with E-state index in [2.05, 4.69) is 60.2 Å². The second-order valence-electron chi connectivity index (χ2n) is 9.77. The molecule has 3 aromatic rings. The van der Waals surface area contributed by atoms with Crippen molar-refractivity contribution in [1.29, 1.82) is 0 Å². The Labute approximate surface area is 175 Å². The first-order valence-corrected chi connectivity index (χ1v) is 10.7. The summed E-state index contributed by atoms with van der Waals surface area (Å²) >= 11 is 0. The Bertz CT molecular complexity index is 1090. The molecule has 0 saturated heterocycles. The Morgan fingerprint density at radius 3 is 2.57 bits per heavy atom. The third-order valence-electron chi connectivity index (χ3n) is 6.21. The van der Waals surface area contributed by atoms with Gasteiger partial charge in [-0.05, 0) is 72.8 Å². The van der Waals surface area contributed by atoms with Crippen LogP contribution in [0.2, 0.25) is 0 Å². The van der Waals surface area contributed by atoms with Crippen LogP contribution < -0.4 is 5.32 Å². The molecule has 2 aliphatic carbocycles. The summed E-state index contributed by atoms with van der Waals surface area (Å²) in [6, 6.07) is 7.21. The highest BCUT2D eigenvalue weighted by atomic mass is 17.1. The quantitative estimate of drug-likeness (QED) is 0.443. The average Bonchev–Trinajstić information content (AvgIpc) is 3.41. The van der Waals surface area contributed by atoms with Gasteiger partial charge >= 0.3 is 6.01 Å². The first-order chi connectivity index (χ1) is 14.3. The maximum atomic E-state index is 8.68. The number of aromatic nitrogens is 3. The van der Waals surface area contributed by atoms with Gasteiger partial charge in [-0.1, -0.05) is 31.9 Å². The lowest BCUT2D eigenvalue weighted by Crippen LogP contribution is -2.40. The van der Waals surface area contributed by atoms with Gasteiger partial charge in [-0.3, -0.25) is 5.26 Å². The molecule has 2 aliphatic rings. The maximum Gasteiger partial charge on any atom is 0.316 e. The van der Waals surface area contributed by atoms with E-state index in [1.165, 1.54) is 29.4 Å². The smallest absolute Gasteiger partial charge is 0.316 e. The molecule has 2 heterocycles. The molecule has 30 heavy (non-hydrogen) atoms. The zero-order valence-electron chi connectivity index (χ0n) is 17.9. The van der Waals surface area contributed by atoms with E-state index < -0.39 is 0 Å². The molecule has 0 atom stereocenters. The number of hydrogen-bond acceptors (Lipinski definition) is 7. The Balaban J connectivity index is 1.51. The standard InChI is InChI=1S/C23H28N4O3/c1-12-7-19(21-26-27-22(29-21)24-15-10-16(11-15)30-28)25-20-17(12)8-14(13-5-6-13)9-18(20)23(2,3)4/h7-9,13,15-16,28H,5-6,10-11H2,1-4H3,(H,24,27). The molecule has 0 aliphatic heterocycles. The number of benzene rings is 1. The molecule has 158 valence electrons. The summed E-state index contributed by atoms with van der Waals surface area (Å²) in [5.41, 5.74) is 5.54. The van der Waals surface area contributed by atoms with Crippen molar-refractivity contribution < 1.29 is 14.6 Å². The van der Waals surface area contributed by atoms with Gasteiger partial charge < -0.3 is 9.73 Å². The summed E-state index contributed by atoms with van der Waals surface area (Å²) in [6.07, 6.45) is 3.86. The lowest BCUT2D eigenvalue weighted by Gasteiger charge is -2.32. The molecule has 0 spiro atoms. The first-order valence-electron chi connectivity index (χ1n) is 10.7. The fraction of sp³-hybridized carbons (Fsp3) is 0.522. The van der Waals surface area contributed by atoms with Crippen molar-refractivity contribution in [1.82, 2.24) is 15.2 Å². The van der Waals surface area contributed by atoms with Crippen molar-refractivity contribution in [3.63, 3.8) is 0 Å². The summed E-state index contributed by atoms with van der Waals surface area (Å²) in [5, 5.41) is 21.4. The van der Waals surface area contributed by atoms with Crippen LogP contribution in [0, 0.1) is 6.92 Å². The van der Waals surface area contributed by atoms with Crippen molar-refractivity contribution in [3.8, 4) is 11.6 Å². The zero-order valence-corrected chi connectivity index (χ0v) is 17.9. The number of pyridine rings is 1. The fourth-order valence-electron chi connectivity index (χ4n) is 4.18. The molecule has 2 fully saturated rings. The molecule has 0 amide bonds. The summed E-state index contributed by atoms with van der Waals surface area (Å²) in [7, 11) is 0. The van der Waals surface area contributed by atoms with Gasteiger partial charge in [0.15, 0.2) is 0 Å². The molecule has 2 N–H and O–H groups in total. The van der Waals surface area contributed by atoms with E-state index >= 15 is 0 Å². The molecule has 5 rings (SSSR count). The van der Waals surface area contributed by atoms with E-state index in [1.54, 1.807) is 0 Å².